The quantitative estimate of drug-likeness (QED) is 0.743. The Bertz CT molecular complexity index is 841. The summed E-state index contributed by atoms with van der Waals surface area (Å²) < 4.78 is 32.5. The Hall–Kier alpha value is -1.90. The lowest BCUT2D eigenvalue weighted by Gasteiger charge is -2.35. The van der Waals surface area contributed by atoms with Crippen molar-refractivity contribution in [3.63, 3.8) is 0 Å². The molecule has 0 aliphatic carbocycles. The second kappa shape index (κ2) is 8.86. The van der Waals surface area contributed by atoms with E-state index in [9.17, 15) is 8.42 Å². The molecule has 0 radical (unpaired) electrons. The molecular formula is C19H25N3O3S2. The van der Waals surface area contributed by atoms with Crippen LogP contribution in [0, 0.1) is 0 Å². The number of sulfonamides is 1. The van der Waals surface area contributed by atoms with Crippen LogP contribution in [0.5, 0.6) is 0 Å². The molecule has 0 bridgehead atoms. The van der Waals surface area contributed by atoms with E-state index in [-0.39, 0.29) is 0 Å². The average Bonchev–Trinajstić information content (AvgIpc) is 3.20. The Morgan fingerprint density at radius 1 is 1.15 bits per heavy atom. The van der Waals surface area contributed by atoms with Gasteiger partial charge in [-0.2, -0.15) is 4.31 Å². The number of piperazine rings is 1. The van der Waals surface area contributed by atoms with Crippen molar-refractivity contribution in [1.29, 1.82) is 0 Å². The minimum Gasteiger partial charge on any atom is -0.467 e. The standard InChI is InChI=1S/C19H25N3O3S2/c1-2-4-16-6-8-18(9-7-16)27(23,24)22-12-10-21(11-13-22)19(26)20-15-17-5-3-14-25-17/h3,5-9,14H,2,4,10-13,15H2,1H3,(H,20,26). The van der Waals surface area contributed by atoms with E-state index in [4.69, 9.17) is 16.6 Å². The number of furan rings is 1. The first-order valence-electron chi connectivity index (χ1n) is 9.15. The molecule has 1 aliphatic heterocycles. The van der Waals surface area contributed by atoms with Crippen LogP contribution in [0.1, 0.15) is 24.7 Å². The molecule has 1 aromatic heterocycles. The van der Waals surface area contributed by atoms with Crippen LogP contribution < -0.4 is 5.32 Å². The van der Waals surface area contributed by atoms with Crippen LogP contribution in [0.4, 0.5) is 0 Å². The van der Waals surface area contributed by atoms with E-state index in [1.807, 2.05) is 29.2 Å². The number of nitrogens with one attached hydrogen (secondary N) is 1. The first-order valence-corrected chi connectivity index (χ1v) is 11.0. The highest BCUT2D eigenvalue weighted by Crippen LogP contribution is 2.19. The van der Waals surface area contributed by atoms with Crippen molar-refractivity contribution >= 4 is 27.4 Å². The van der Waals surface area contributed by atoms with Gasteiger partial charge in [-0.1, -0.05) is 25.5 Å². The van der Waals surface area contributed by atoms with E-state index in [1.54, 1.807) is 18.4 Å². The molecule has 8 heteroatoms. The van der Waals surface area contributed by atoms with Gasteiger partial charge in [0.25, 0.3) is 0 Å². The maximum absolute atomic E-state index is 12.9. The Morgan fingerprint density at radius 2 is 1.85 bits per heavy atom. The molecule has 0 amide bonds. The predicted octanol–water partition coefficient (Wildman–Crippen LogP) is 2.61. The fourth-order valence-corrected chi connectivity index (χ4v) is 4.76. The molecule has 146 valence electrons. The zero-order chi connectivity index (χ0) is 19.3. The molecule has 27 heavy (non-hydrogen) atoms. The number of rotatable bonds is 6. The minimum absolute atomic E-state index is 0.356. The lowest BCUT2D eigenvalue weighted by molar-refractivity contribution is 0.263. The highest BCUT2D eigenvalue weighted by molar-refractivity contribution is 7.89. The van der Waals surface area contributed by atoms with Crippen molar-refractivity contribution in [3.05, 3.63) is 54.0 Å². The third kappa shape index (κ3) is 4.88. The normalized spacial score (nSPS) is 15.7. The van der Waals surface area contributed by atoms with Crippen molar-refractivity contribution in [2.75, 3.05) is 26.2 Å². The van der Waals surface area contributed by atoms with Crippen molar-refractivity contribution in [1.82, 2.24) is 14.5 Å². The first-order chi connectivity index (χ1) is 13.0. The van der Waals surface area contributed by atoms with Crippen LogP contribution in [0.2, 0.25) is 0 Å². The number of nitrogens with zero attached hydrogens (tertiary/aromatic N) is 2. The highest BCUT2D eigenvalue weighted by Gasteiger charge is 2.29. The minimum atomic E-state index is -3.46. The number of benzene rings is 1. The summed E-state index contributed by atoms with van der Waals surface area (Å²) in [4.78, 5) is 2.35. The van der Waals surface area contributed by atoms with Gasteiger partial charge in [-0.3, -0.25) is 0 Å². The molecule has 1 aromatic carbocycles. The fraction of sp³-hybridized carbons (Fsp3) is 0.421. The Kier molecular flexibility index (Phi) is 6.51. The van der Waals surface area contributed by atoms with Crippen molar-refractivity contribution < 1.29 is 12.8 Å². The number of thiocarbonyl (C=S) groups is 1. The maximum atomic E-state index is 12.9. The SMILES string of the molecule is CCCc1ccc(S(=O)(=O)N2CCN(C(=S)NCc3ccco3)CC2)cc1. The fourth-order valence-electron chi connectivity index (χ4n) is 3.09. The van der Waals surface area contributed by atoms with Crippen molar-refractivity contribution in [3.8, 4) is 0 Å². The summed E-state index contributed by atoms with van der Waals surface area (Å²) in [5, 5.41) is 3.77. The topological polar surface area (TPSA) is 65.8 Å². The first kappa shape index (κ1) is 19.9. The van der Waals surface area contributed by atoms with Crippen molar-refractivity contribution in [2.45, 2.75) is 31.2 Å². The zero-order valence-electron chi connectivity index (χ0n) is 15.4. The molecule has 1 saturated heterocycles. The molecular weight excluding hydrogens is 382 g/mol. The second-order valence-electron chi connectivity index (χ2n) is 6.52. The van der Waals surface area contributed by atoms with Gasteiger partial charge in [-0.15, -0.1) is 0 Å². The van der Waals surface area contributed by atoms with E-state index in [2.05, 4.69) is 12.2 Å². The average molecular weight is 408 g/mol. The van der Waals surface area contributed by atoms with Gasteiger partial charge in [0.1, 0.15) is 5.76 Å². The molecule has 0 atom stereocenters. The molecule has 3 rings (SSSR count). The van der Waals surface area contributed by atoms with Crippen LogP contribution in [-0.2, 0) is 23.0 Å². The lowest BCUT2D eigenvalue weighted by atomic mass is 10.1. The van der Waals surface area contributed by atoms with Gasteiger partial charge in [-0.25, -0.2) is 8.42 Å². The zero-order valence-corrected chi connectivity index (χ0v) is 17.1. The van der Waals surface area contributed by atoms with Gasteiger partial charge in [-0.05, 0) is 48.5 Å². The van der Waals surface area contributed by atoms with Crippen LogP contribution in [-0.4, -0.2) is 48.9 Å². The molecule has 6 nitrogen and oxygen atoms in total. The predicted molar refractivity (Wildman–Crippen MR) is 109 cm³/mol. The van der Waals surface area contributed by atoms with Gasteiger partial charge >= 0.3 is 0 Å². The van der Waals surface area contributed by atoms with Crippen LogP contribution in [0.15, 0.2) is 52.0 Å². The molecule has 2 aromatic rings. The van der Waals surface area contributed by atoms with Gasteiger partial charge in [0.2, 0.25) is 10.0 Å². The van der Waals surface area contributed by atoms with Crippen molar-refractivity contribution in [2.24, 2.45) is 0 Å². The van der Waals surface area contributed by atoms with Gasteiger partial charge in [0.15, 0.2) is 5.11 Å². The molecule has 2 heterocycles. The summed E-state index contributed by atoms with van der Waals surface area (Å²) in [5.41, 5.74) is 1.16. The molecule has 0 saturated carbocycles. The summed E-state index contributed by atoms with van der Waals surface area (Å²) in [5.74, 6) is 0.810. The summed E-state index contributed by atoms with van der Waals surface area (Å²) in [7, 11) is -3.46. The van der Waals surface area contributed by atoms with Gasteiger partial charge in [0.05, 0.1) is 17.7 Å². The number of aryl methyl sites for hydroxylation is 1. The van der Waals surface area contributed by atoms with Crippen LogP contribution in [0.25, 0.3) is 0 Å². The van der Waals surface area contributed by atoms with E-state index in [1.165, 1.54) is 4.31 Å². The summed E-state index contributed by atoms with van der Waals surface area (Å²) in [6.45, 7) is 4.60. The third-order valence-corrected chi connectivity index (χ3v) is 6.94. The van der Waals surface area contributed by atoms with E-state index < -0.39 is 10.0 Å². The van der Waals surface area contributed by atoms with Crippen LogP contribution >= 0.6 is 12.2 Å². The van der Waals surface area contributed by atoms with Gasteiger partial charge in [0, 0.05) is 26.2 Å². The highest BCUT2D eigenvalue weighted by atomic mass is 32.2. The van der Waals surface area contributed by atoms with Crippen LogP contribution in [0.3, 0.4) is 0 Å². The summed E-state index contributed by atoms with van der Waals surface area (Å²) >= 11 is 5.42. The van der Waals surface area contributed by atoms with E-state index in [0.717, 1.165) is 24.2 Å². The van der Waals surface area contributed by atoms with E-state index >= 15 is 0 Å². The van der Waals surface area contributed by atoms with E-state index in [0.29, 0.717) is 42.7 Å². The Morgan fingerprint density at radius 3 is 2.44 bits per heavy atom. The molecule has 1 N–H and O–H groups in total. The molecule has 1 fully saturated rings. The molecule has 1 aliphatic rings. The smallest absolute Gasteiger partial charge is 0.243 e. The Labute approximate surface area is 166 Å². The molecule has 0 unspecified atom stereocenters. The number of hydrogen-bond donors (Lipinski definition) is 1. The summed E-state index contributed by atoms with van der Waals surface area (Å²) in [6, 6.07) is 10.9. The third-order valence-electron chi connectivity index (χ3n) is 4.62. The second-order valence-corrected chi connectivity index (χ2v) is 8.85. The summed E-state index contributed by atoms with van der Waals surface area (Å²) in [6.07, 6.45) is 3.63. The monoisotopic (exact) mass is 407 g/mol. The number of hydrogen-bond acceptors (Lipinski definition) is 4. The Balaban J connectivity index is 1.55. The lowest BCUT2D eigenvalue weighted by Crippen LogP contribution is -2.52. The largest absolute Gasteiger partial charge is 0.467 e. The van der Waals surface area contributed by atoms with Gasteiger partial charge < -0.3 is 14.6 Å². The molecule has 0 spiro atoms. The maximum Gasteiger partial charge on any atom is 0.243 e.